The van der Waals surface area contributed by atoms with Gasteiger partial charge in [0.15, 0.2) is 6.61 Å². The topological polar surface area (TPSA) is 42.7 Å². The molecule has 100 valence electrons. The van der Waals surface area contributed by atoms with Gasteiger partial charge in [0, 0.05) is 11.5 Å². The third kappa shape index (κ3) is 4.13. The van der Waals surface area contributed by atoms with E-state index in [1.165, 1.54) is 0 Å². The second kappa shape index (κ2) is 6.43. The summed E-state index contributed by atoms with van der Waals surface area (Å²) < 4.78 is 11.6. The average Bonchev–Trinajstić information content (AvgIpc) is 2.90. The number of furan rings is 1. The zero-order valence-electron chi connectivity index (χ0n) is 10.5. The minimum Gasteiger partial charge on any atom is -0.484 e. The van der Waals surface area contributed by atoms with E-state index in [1.54, 1.807) is 24.3 Å². The molecule has 0 radical (unpaired) electrons. The molecule has 0 unspecified atom stereocenters. The summed E-state index contributed by atoms with van der Waals surface area (Å²) in [5.41, 5.74) is 0. The third-order valence-electron chi connectivity index (χ3n) is 2.57. The first kappa shape index (κ1) is 13.7. The van der Waals surface area contributed by atoms with Crippen LogP contribution >= 0.6 is 15.9 Å². The van der Waals surface area contributed by atoms with Gasteiger partial charge < -0.3 is 14.1 Å². The molecule has 1 amide bonds. The summed E-state index contributed by atoms with van der Waals surface area (Å²) in [5.74, 6) is 1.32. The van der Waals surface area contributed by atoms with Crippen LogP contribution in [0.25, 0.3) is 0 Å². The highest BCUT2D eigenvalue weighted by atomic mass is 79.9. The van der Waals surface area contributed by atoms with Crippen molar-refractivity contribution in [1.29, 1.82) is 0 Å². The van der Waals surface area contributed by atoms with E-state index >= 15 is 0 Å². The Morgan fingerprint density at radius 3 is 2.68 bits per heavy atom. The Kier molecular flexibility index (Phi) is 4.63. The summed E-state index contributed by atoms with van der Waals surface area (Å²) in [5, 5.41) is 0. The van der Waals surface area contributed by atoms with Crippen molar-refractivity contribution in [3.8, 4) is 5.75 Å². The van der Waals surface area contributed by atoms with Crippen molar-refractivity contribution < 1.29 is 13.9 Å². The quantitative estimate of drug-likeness (QED) is 0.849. The fourth-order valence-corrected chi connectivity index (χ4v) is 1.77. The molecule has 19 heavy (non-hydrogen) atoms. The molecular formula is C14H14BrNO3. The molecule has 2 aromatic rings. The van der Waals surface area contributed by atoms with E-state index in [-0.39, 0.29) is 12.5 Å². The summed E-state index contributed by atoms with van der Waals surface area (Å²) in [6.07, 6.45) is 1.59. The third-order valence-corrected chi connectivity index (χ3v) is 3.10. The van der Waals surface area contributed by atoms with E-state index < -0.39 is 0 Å². The van der Waals surface area contributed by atoms with Gasteiger partial charge in [-0.15, -0.1) is 0 Å². The first-order valence-corrected chi connectivity index (χ1v) is 6.59. The molecule has 1 aromatic heterocycles. The lowest BCUT2D eigenvalue weighted by atomic mass is 10.3. The summed E-state index contributed by atoms with van der Waals surface area (Å²) in [4.78, 5) is 13.4. The molecule has 0 saturated heterocycles. The predicted molar refractivity (Wildman–Crippen MR) is 74.8 cm³/mol. The average molecular weight is 324 g/mol. The first-order chi connectivity index (χ1) is 9.15. The van der Waals surface area contributed by atoms with Gasteiger partial charge in [0.05, 0.1) is 12.8 Å². The van der Waals surface area contributed by atoms with Crippen LogP contribution < -0.4 is 4.74 Å². The number of amides is 1. The van der Waals surface area contributed by atoms with Gasteiger partial charge in [0.25, 0.3) is 5.91 Å². The maximum absolute atomic E-state index is 11.9. The van der Waals surface area contributed by atoms with E-state index in [0.717, 1.165) is 10.2 Å². The Hall–Kier alpha value is -1.75. The monoisotopic (exact) mass is 323 g/mol. The van der Waals surface area contributed by atoms with Gasteiger partial charge in [0.1, 0.15) is 11.5 Å². The van der Waals surface area contributed by atoms with Gasteiger partial charge >= 0.3 is 0 Å². The van der Waals surface area contributed by atoms with Crippen molar-refractivity contribution in [2.75, 3.05) is 13.7 Å². The smallest absolute Gasteiger partial charge is 0.260 e. The second-order valence-corrected chi connectivity index (χ2v) is 4.99. The number of hydrogen-bond acceptors (Lipinski definition) is 3. The second-order valence-electron chi connectivity index (χ2n) is 4.07. The zero-order valence-corrected chi connectivity index (χ0v) is 12.1. The highest BCUT2D eigenvalue weighted by Crippen LogP contribution is 2.16. The molecule has 0 aliphatic carbocycles. The number of rotatable bonds is 5. The number of ether oxygens (including phenoxy) is 1. The summed E-state index contributed by atoms with van der Waals surface area (Å²) in [6.45, 7) is 0.453. The van der Waals surface area contributed by atoms with Crippen molar-refractivity contribution in [2.45, 2.75) is 6.54 Å². The van der Waals surface area contributed by atoms with Crippen LogP contribution in [0, 0.1) is 0 Å². The van der Waals surface area contributed by atoms with E-state index in [4.69, 9.17) is 9.15 Å². The number of benzene rings is 1. The highest BCUT2D eigenvalue weighted by Gasteiger charge is 2.11. The Balaban J connectivity index is 1.82. The van der Waals surface area contributed by atoms with Crippen LogP contribution in [0.5, 0.6) is 5.75 Å². The number of hydrogen-bond donors (Lipinski definition) is 0. The Bertz CT molecular complexity index is 522. The fraction of sp³-hybridized carbons (Fsp3) is 0.214. The van der Waals surface area contributed by atoms with Gasteiger partial charge in [-0.2, -0.15) is 0 Å². The summed E-state index contributed by atoms with van der Waals surface area (Å²) >= 11 is 3.34. The van der Waals surface area contributed by atoms with Crippen molar-refractivity contribution >= 4 is 21.8 Å². The molecule has 2 rings (SSSR count). The highest BCUT2D eigenvalue weighted by molar-refractivity contribution is 9.10. The SMILES string of the molecule is CN(Cc1ccco1)C(=O)COc1ccc(Br)cc1. The Morgan fingerprint density at radius 1 is 1.32 bits per heavy atom. The van der Waals surface area contributed by atoms with E-state index in [0.29, 0.717) is 12.3 Å². The van der Waals surface area contributed by atoms with Crippen molar-refractivity contribution in [1.82, 2.24) is 4.90 Å². The van der Waals surface area contributed by atoms with Crippen molar-refractivity contribution in [3.05, 3.63) is 52.9 Å². The van der Waals surface area contributed by atoms with Gasteiger partial charge in [-0.25, -0.2) is 0 Å². The van der Waals surface area contributed by atoms with Crippen molar-refractivity contribution in [2.24, 2.45) is 0 Å². The molecule has 0 aliphatic heterocycles. The molecule has 0 aliphatic rings. The Labute approximate surface area is 120 Å². The van der Waals surface area contributed by atoms with Crippen molar-refractivity contribution in [3.63, 3.8) is 0 Å². The minimum atomic E-state index is -0.0979. The molecule has 0 N–H and O–H groups in total. The molecule has 4 nitrogen and oxygen atoms in total. The lowest BCUT2D eigenvalue weighted by molar-refractivity contribution is -0.132. The predicted octanol–water partition coefficient (Wildman–Crippen LogP) is 3.08. The van der Waals surface area contributed by atoms with Gasteiger partial charge in [-0.05, 0) is 36.4 Å². The van der Waals surface area contributed by atoms with Crippen LogP contribution in [-0.2, 0) is 11.3 Å². The van der Waals surface area contributed by atoms with Crippen LogP contribution in [0.3, 0.4) is 0 Å². The van der Waals surface area contributed by atoms with E-state index in [1.807, 2.05) is 30.3 Å². The van der Waals surface area contributed by atoms with Gasteiger partial charge in [-0.3, -0.25) is 4.79 Å². The molecule has 0 spiro atoms. The van der Waals surface area contributed by atoms with Crippen LogP contribution in [-0.4, -0.2) is 24.5 Å². The molecule has 5 heteroatoms. The molecule has 1 aromatic carbocycles. The van der Waals surface area contributed by atoms with Crippen LogP contribution in [0.15, 0.2) is 51.6 Å². The number of carbonyl (C=O) groups is 1. The molecule has 0 saturated carbocycles. The Morgan fingerprint density at radius 2 is 2.05 bits per heavy atom. The first-order valence-electron chi connectivity index (χ1n) is 5.80. The van der Waals surface area contributed by atoms with Gasteiger partial charge in [-0.1, -0.05) is 15.9 Å². The van der Waals surface area contributed by atoms with E-state index in [9.17, 15) is 4.79 Å². The zero-order chi connectivity index (χ0) is 13.7. The fourth-order valence-electron chi connectivity index (χ4n) is 1.51. The summed E-state index contributed by atoms with van der Waals surface area (Å²) in [7, 11) is 1.72. The molecule has 0 fully saturated rings. The number of carbonyl (C=O) groups excluding carboxylic acids is 1. The minimum absolute atomic E-state index is 0.0127. The molecule has 0 atom stereocenters. The maximum Gasteiger partial charge on any atom is 0.260 e. The lowest BCUT2D eigenvalue weighted by Gasteiger charge is -2.16. The number of halogens is 1. The number of nitrogens with zero attached hydrogens (tertiary/aromatic N) is 1. The van der Waals surface area contributed by atoms with E-state index in [2.05, 4.69) is 15.9 Å². The maximum atomic E-state index is 11.9. The van der Waals surface area contributed by atoms with Gasteiger partial charge in [0.2, 0.25) is 0 Å². The molecular weight excluding hydrogens is 310 g/mol. The normalized spacial score (nSPS) is 10.2. The largest absolute Gasteiger partial charge is 0.484 e. The summed E-state index contributed by atoms with van der Waals surface area (Å²) in [6, 6.07) is 11.0. The van der Waals surface area contributed by atoms with Crippen LogP contribution in [0.2, 0.25) is 0 Å². The standard InChI is InChI=1S/C14H14BrNO3/c1-16(9-13-3-2-8-18-13)14(17)10-19-12-6-4-11(15)5-7-12/h2-8H,9-10H2,1H3. The molecule has 1 heterocycles. The lowest BCUT2D eigenvalue weighted by Crippen LogP contribution is -2.30. The molecule has 0 bridgehead atoms. The number of likely N-dealkylation sites (N-methyl/N-ethyl adjacent to an activating group) is 1. The van der Waals surface area contributed by atoms with Crippen LogP contribution in [0.1, 0.15) is 5.76 Å². The van der Waals surface area contributed by atoms with Crippen LogP contribution in [0.4, 0.5) is 0 Å².